The first kappa shape index (κ1) is 15.8. The summed E-state index contributed by atoms with van der Waals surface area (Å²) in [4.78, 5) is 29.4. The van der Waals surface area contributed by atoms with Gasteiger partial charge in [-0.15, -0.1) is 0 Å². The van der Waals surface area contributed by atoms with Crippen molar-refractivity contribution in [3.63, 3.8) is 0 Å². The minimum Gasteiger partial charge on any atom is -0.339 e. The minimum absolute atomic E-state index is 0.0591. The molecule has 26 heavy (non-hydrogen) atoms. The lowest BCUT2D eigenvalue weighted by Gasteiger charge is -2.36. The van der Waals surface area contributed by atoms with Gasteiger partial charge in [-0.25, -0.2) is 0 Å². The van der Waals surface area contributed by atoms with Crippen LogP contribution in [0.15, 0.2) is 24.3 Å². The molecule has 3 aliphatic rings. The van der Waals surface area contributed by atoms with E-state index in [2.05, 4.69) is 15.5 Å². The summed E-state index contributed by atoms with van der Waals surface area (Å²) >= 11 is 0. The summed E-state index contributed by atoms with van der Waals surface area (Å²) in [5.74, 6) is 0.337. The molecule has 7 nitrogen and oxygen atoms in total. The topological polar surface area (TPSA) is 81.3 Å². The summed E-state index contributed by atoms with van der Waals surface area (Å²) < 4.78 is 0. The number of hydrogen-bond donors (Lipinski definition) is 2. The lowest BCUT2D eigenvalue weighted by Crippen LogP contribution is -2.53. The maximum absolute atomic E-state index is 12.8. The van der Waals surface area contributed by atoms with Crippen molar-refractivity contribution in [3.8, 4) is 0 Å². The molecule has 0 aliphatic carbocycles. The fourth-order valence-electron chi connectivity index (χ4n) is 4.74. The Balaban J connectivity index is 1.24. The molecule has 0 saturated carbocycles. The average molecular weight is 353 g/mol. The molecule has 0 spiro atoms. The molecule has 3 fully saturated rings. The fourth-order valence-corrected chi connectivity index (χ4v) is 4.74. The van der Waals surface area contributed by atoms with Gasteiger partial charge in [0, 0.05) is 43.6 Å². The Hall–Kier alpha value is -2.41. The van der Waals surface area contributed by atoms with Crippen molar-refractivity contribution in [3.05, 3.63) is 30.0 Å². The number of amides is 2. The molecule has 1 aromatic carbocycles. The molecular formula is C19H23N5O2. The van der Waals surface area contributed by atoms with Crippen molar-refractivity contribution in [1.82, 2.24) is 25.3 Å². The van der Waals surface area contributed by atoms with E-state index in [9.17, 15) is 9.59 Å². The van der Waals surface area contributed by atoms with Crippen LogP contribution in [-0.4, -0.2) is 70.1 Å². The number of carbonyl (C=O) groups is 2. The van der Waals surface area contributed by atoms with Gasteiger partial charge in [-0.2, -0.15) is 5.10 Å². The molecule has 3 unspecified atom stereocenters. The first-order chi connectivity index (χ1) is 12.7. The zero-order valence-electron chi connectivity index (χ0n) is 14.6. The van der Waals surface area contributed by atoms with Gasteiger partial charge < -0.3 is 15.1 Å². The molecule has 5 rings (SSSR count). The zero-order chi connectivity index (χ0) is 17.7. The van der Waals surface area contributed by atoms with Gasteiger partial charge in [-0.1, -0.05) is 18.2 Å². The van der Waals surface area contributed by atoms with Crippen LogP contribution in [-0.2, 0) is 4.79 Å². The van der Waals surface area contributed by atoms with Crippen molar-refractivity contribution < 1.29 is 9.59 Å². The number of fused-ring (bicyclic) bond motifs is 3. The summed E-state index contributed by atoms with van der Waals surface area (Å²) in [6.45, 7) is 2.36. The molecule has 3 atom stereocenters. The molecule has 0 radical (unpaired) electrons. The number of aromatic amines is 1. The van der Waals surface area contributed by atoms with Crippen LogP contribution in [0.5, 0.6) is 0 Å². The predicted molar refractivity (Wildman–Crippen MR) is 96.6 cm³/mol. The summed E-state index contributed by atoms with van der Waals surface area (Å²) in [5, 5.41) is 11.5. The van der Waals surface area contributed by atoms with Crippen LogP contribution in [0.4, 0.5) is 0 Å². The highest BCUT2D eigenvalue weighted by Gasteiger charge is 2.44. The average Bonchev–Trinajstić information content (AvgIpc) is 3.42. The number of nitrogens with zero attached hydrogens (tertiary/aromatic N) is 3. The number of hydrogen-bond acceptors (Lipinski definition) is 4. The van der Waals surface area contributed by atoms with Gasteiger partial charge >= 0.3 is 0 Å². The van der Waals surface area contributed by atoms with Crippen molar-refractivity contribution >= 4 is 22.7 Å². The second-order valence-electron chi connectivity index (χ2n) is 7.62. The molecule has 3 saturated heterocycles. The molecule has 3 aliphatic heterocycles. The maximum Gasteiger partial charge on any atom is 0.275 e. The largest absolute Gasteiger partial charge is 0.339 e. The van der Waals surface area contributed by atoms with Gasteiger partial charge in [0.1, 0.15) is 0 Å². The van der Waals surface area contributed by atoms with Crippen molar-refractivity contribution in [2.45, 2.75) is 31.3 Å². The summed E-state index contributed by atoms with van der Waals surface area (Å²) in [6.07, 6.45) is 3.29. The first-order valence-electron chi connectivity index (χ1n) is 9.48. The fraction of sp³-hybridized carbons (Fsp3) is 0.526. The Morgan fingerprint density at radius 2 is 1.81 bits per heavy atom. The Labute approximate surface area is 151 Å². The van der Waals surface area contributed by atoms with E-state index in [0.717, 1.165) is 23.7 Å². The second kappa shape index (κ2) is 6.09. The van der Waals surface area contributed by atoms with E-state index in [-0.39, 0.29) is 17.7 Å². The third-order valence-electron chi connectivity index (χ3n) is 6.17. The molecular weight excluding hydrogens is 330 g/mol. The standard InChI is InChI=1S/C19H23N5O2/c25-18(14-11-12-5-6-15(14)20-12)23-7-9-24(10-8-23)19(26)17-13-3-1-2-4-16(13)21-22-17/h1-4,12,14-15,20H,5-11H2,(H,21,22). The molecule has 2 bridgehead atoms. The van der Waals surface area contributed by atoms with Crippen LogP contribution in [0.1, 0.15) is 29.8 Å². The molecule has 2 N–H and O–H groups in total. The minimum atomic E-state index is -0.0591. The number of piperazine rings is 1. The number of para-hydroxylation sites is 1. The van der Waals surface area contributed by atoms with Crippen LogP contribution in [0.2, 0.25) is 0 Å². The zero-order valence-corrected chi connectivity index (χ0v) is 14.6. The molecule has 2 amide bonds. The third-order valence-corrected chi connectivity index (χ3v) is 6.17. The van der Waals surface area contributed by atoms with Crippen LogP contribution >= 0.6 is 0 Å². The number of benzene rings is 1. The highest BCUT2D eigenvalue weighted by Crippen LogP contribution is 2.34. The highest BCUT2D eigenvalue weighted by atomic mass is 16.2. The molecule has 136 valence electrons. The summed E-state index contributed by atoms with van der Waals surface area (Å²) in [7, 11) is 0. The quantitative estimate of drug-likeness (QED) is 0.844. The smallest absolute Gasteiger partial charge is 0.275 e. The van der Waals surface area contributed by atoms with Gasteiger partial charge in [0.15, 0.2) is 5.69 Å². The lowest BCUT2D eigenvalue weighted by molar-refractivity contribution is -0.137. The van der Waals surface area contributed by atoms with Crippen molar-refractivity contribution in [2.24, 2.45) is 5.92 Å². The van der Waals surface area contributed by atoms with Crippen molar-refractivity contribution in [1.29, 1.82) is 0 Å². The second-order valence-corrected chi connectivity index (χ2v) is 7.62. The number of H-pyrrole nitrogens is 1. The number of aromatic nitrogens is 2. The Kier molecular flexibility index (Phi) is 3.70. The van der Waals surface area contributed by atoms with E-state index in [0.29, 0.717) is 44.0 Å². The number of nitrogens with one attached hydrogen (secondary N) is 2. The third kappa shape index (κ3) is 2.49. The van der Waals surface area contributed by atoms with E-state index in [1.54, 1.807) is 0 Å². The van der Waals surface area contributed by atoms with Gasteiger partial charge in [-0.05, 0) is 25.3 Å². The van der Waals surface area contributed by atoms with Gasteiger partial charge in [0.05, 0.1) is 11.4 Å². The molecule has 7 heteroatoms. The Morgan fingerprint density at radius 1 is 1.04 bits per heavy atom. The van der Waals surface area contributed by atoms with Crippen LogP contribution in [0, 0.1) is 5.92 Å². The van der Waals surface area contributed by atoms with E-state index >= 15 is 0 Å². The lowest BCUT2D eigenvalue weighted by atomic mass is 9.88. The monoisotopic (exact) mass is 353 g/mol. The van der Waals surface area contributed by atoms with Gasteiger partial charge in [-0.3, -0.25) is 14.7 Å². The normalized spacial score (nSPS) is 28.1. The first-order valence-corrected chi connectivity index (χ1v) is 9.48. The maximum atomic E-state index is 12.8. The Bertz CT molecular complexity index is 854. The summed E-state index contributed by atoms with van der Waals surface area (Å²) in [5.41, 5.74) is 1.34. The van der Waals surface area contributed by atoms with E-state index in [4.69, 9.17) is 0 Å². The van der Waals surface area contributed by atoms with E-state index in [1.807, 2.05) is 34.1 Å². The summed E-state index contributed by atoms with van der Waals surface area (Å²) in [6, 6.07) is 8.55. The van der Waals surface area contributed by atoms with Crippen LogP contribution in [0.25, 0.3) is 10.9 Å². The van der Waals surface area contributed by atoms with Gasteiger partial charge in [0.2, 0.25) is 5.91 Å². The van der Waals surface area contributed by atoms with E-state index < -0.39 is 0 Å². The predicted octanol–water partition coefficient (Wildman–Crippen LogP) is 0.988. The Morgan fingerprint density at radius 3 is 2.54 bits per heavy atom. The molecule has 1 aromatic heterocycles. The van der Waals surface area contributed by atoms with Crippen molar-refractivity contribution in [2.75, 3.05) is 26.2 Å². The SMILES string of the molecule is O=C(c1n[nH]c2ccccc12)N1CCN(C(=O)C2CC3CCC2N3)CC1. The van der Waals surface area contributed by atoms with Crippen LogP contribution in [0.3, 0.4) is 0 Å². The van der Waals surface area contributed by atoms with E-state index in [1.165, 1.54) is 6.42 Å². The van der Waals surface area contributed by atoms with Crippen LogP contribution < -0.4 is 5.32 Å². The number of rotatable bonds is 2. The number of carbonyl (C=O) groups excluding carboxylic acids is 2. The highest BCUT2D eigenvalue weighted by molar-refractivity contribution is 6.04. The molecule has 2 aromatic rings. The van der Waals surface area contributed by atoms with Gasteiger partial charge in [0.25, 0.3) is 5.91 Å². The molecule has 4 heterocycles.